The third kappa shape index (κ3) is 3.29. The van der Waals surface area contributed by atoms with Gasteiger partial charge in [0.2, 0.25) is 0 Å². The second kappa shape index (κ2) is 4.97. The van der Waals surface area contributed by atoms with Crippen LogP contribution in [-0.2, 0) is 9.84 Å². The summed E-state index contributed by atoms with van der Waals surface area (Å²) in [5, 5.41) is 0. The van der Waals surface area contributed by atoms with Crippen molar-refractivity contribution in [2.75, 3.05) is 11.5 Å². The van der Waals surface area contributed by atoms with Crippen LogP contribution in [0.2, 0.25) is 0 Å². The van der Waals surface area contributed by atoms with E-state index < -0.39 is 9.84 Å². The monoisotopic (exact) mass is 271 g/mol. The predicted molar refractivity (Wildman–Crippen MR) is 69.4 cm³/mol. The van der Waals surface area contributed by atoms with Crippen LogP contribution in [0.4, 0.5) is 4.39 Å². The van der Waals surface area contributed by atoms with Crippen LogP contribution in [-0.4, -0.2) is 19.9 Å². The molecule has 1 heterocycles. The fourth-order valence-electron chi connectivity index (χ4n) is 2.53. The second-order valence-corrected chi connectivity index (χ2v) is 7.40. The Morgan fingerprint density at radius 2 is 2.17 bits per heavy atom. The molecule has 0 spiro atoms. The van der Waals surface area contributed by atoms with Gasteiger partial charge in [-0.1, -0.05) is 6.07 Å². The molecule has 0 aromatic heterocycles. The largest absolute Gasteiger partial charge is 0.324 e. The summed E-state index contributed by atoms with van der Waals surface area (Å²) < 4.78 is 36.0. The smallest absolute Gasteiger partial charge is 0.150 e. The van der Waals surface area contributed by atoms with Gasteiger partial charge in [-0.25, -0.2) is 12.8 Å². The van der Waals surface area contributed by atoms with Crippen LogP contribution < -0.4 is 5.73 Å². The molecule has 2 atom stereocenters. The number of nitrogens with two attached hydrogens (primary N) is 1. The summed E-state index contributed by atoms with van der Waals surface area (Å²) in [6, 6.07) is 4.45. The van der Waals surface area contributed by atoms with E-state index in [1.54, 1.807) is 0 Å². The van der Waals surface area contributed by atoms with E-state index >= 15 is 0 Å². The number of aryl methyl sites for hydroxylation is 1. The molecule has 0 amide bonds. The minimum absolute atomic E-state index is 0.105. The number of hydrogen-bond acceptors (Lipinski definition) is 3. The lowest BCUT2D eigenvalue weighted by atomic mass is 9.94. The van der Waals surface area contributed by atoms with Gasteiger partial charge in [-0.3, -0.25) is 0 Å². The van der Waals surface area contributed by atoms with Crippen LogP contribution in [0.25, 0.3) is 0 Å². The maximum atomic E-state index is 13.3. The molecule has 1 aromatic rings. The fraction of sp³-hybridized carbons (Fsp3) is 0.538. The van der Waals surface area contributed by atoms with Crippen LogP contribution in [0, 0.1) is 18.7 Å². The Morgan fingerprint density at radius 1 is 1.44 bits per heavy atom. The summed E-state index contributed by atoms with van der Waals surface area (Å²) in [6.45, 7) is 1.82. The molecule has 100 valence electrons. The molecular weight excluding hydrogens is 253 g/mol. The Labute approximate surface area is 107 Å². The summed E-state index contributed by atoms with van der Waals surface area (Å²) in [4.78, 5) is 0. The molecule has 18 heavy (non-hydrogen) atoms. The minimum Gasteiger partial charge on any atom is -0.324 e. The number of hydrogen-bond donors (Lipinski definition) is 1. The van der Waals surface area contributed by atoms with Gasteiger partial charge in [-0.2, -0.15) is 0 Å². The molecule has 3 nitrogen and oxygen atoms in total. The van der Waals surface area contributed by atoms with Gasteiger partial charge >= 0.3 is 0 Å². The molecular formula is C13H18FNO2S. The summed E-state index contributed by atoms with van der Waals surface area (Å²) >= 11 is 0. The summed E-state index contributed by atoms with van der Waals surface area (Å²) in [6.07, 6.45) is 1.27. The predicted octanol–water partition coefficient (Wildman–Crippen LogP) is 1.96. The second-order valence-electron chi connectivity index (χ2n) is 5.17. The van der Waals surface area contributed by atoms with Crippen LogP contribution >= 0.6 is 0 Å². The van der Waals surface area contributed by atoms with E-state index in [-0.39, 0.29) is 29.3 Å². The van der Waals surface area contributed by atoms with Crippen molar-refractivity contribution in [2.24, 2.45) is 11.7 Å². The normalized spacial score (nSPS) is 24.1. The molecule has 1 aliphatic rings. The van der Waals surface area contributed by atoms with Crippen molar-refractivity contribution in [1.29, 1.82) is 0 Å². The number of benzene rings is 1. The van der Waals surface area contributed by atoms with Crippen molar-refractivity contribution in [3.63, 3.8) is 0 Å². The van der Waals surface area contributed by atoms with Crippen LogP contribution in [0.15, 0.2) is 18.2 Å². The van der Waals surface area contributed by atoms with Crippen LogP contribution in [0.1, 0.15) is 30.0 Å². The van der Waals surface area contributed by atoms with E-state index in [4.69, 9.17) is 5.73 Å². The first-order valence-corrected chi connectivity index (χ1v) is 7.91. The quantitative estimate of drug-likeness (QED) is 0.914. The van der Waals surface area contributed by atoms with Gasteiger partial charge in [0.1, 0.15) is 5.82 Å². The molecule has 5 heteroatoms. The fourth-order valence-corrected chi connectivity index (χ4v) is 4.41. The summed E-state index contributed by atoms with van der Waals surface area (Å²) in [5.74, 6) is 0.287. The first-order valence-electron chi connectivity index (χ1n) is 6.09. The van der Waals surface area contributed by atoms with Crippen LogP contribution in [0.3, 0.4) is 0 Å². The average molecular weight is 271 g/mol. The van der Waals surface area contributed by atoms with Gasteiger partial charge in [-0.15, -0.1) is 0 Å². The average Bonchev–Trinajstić information content (AvgIpc) is 2.56. The first kappa shape index (κ1) is 13.5. The number of sulfone groups is 1. The molecule has 0 radical (unpaired) electrons. The third-order valence-corrected chi connectivity index (χ3v) is 5.24. The minimum atomic E-state index is -2.87. The Bertz CT molecular complexity index is 522. The van der Waals surface area contributed by atoms with Gasteiger partial charge in [0, 0.05) is 6.04 Å². The zero-order valence-electron chi connectivity index (χ0n) is 10.4. The Kier molecular flexibility index (Phi) is 3.73. The van der Waals surface area contributed by atoms with Gasteiger partial charge in [0.15, 0.2) is 9.84 Å². The molecule has 0 aliphatic carbocycles. The zero-order valence-corrected chi connectivity index (χ0v) is 11.2. The molecule has 2 unspecified atom stereocenters. The maximum Gasteiger partial charge on any atom is 0.150 e. The number of halogens is 1. The van der Waals surface area contributed by atoms with E-state index in [2.05, 4.69) is 0 Å². The van der Waals surface area contributed by atoms with Gasteiger partial charge in [0.25, 0.3) is 0 Å². The molecule has 0 saturated carbocycles. The van der Waals surface area contributed by atoms with Crippen molar-refractivity contribution >= 4 is 9.84 Å². The molecule has 1 aromatic carbocycles. The summed E-state index contributed by atoms with van der Waals surface area (Å²) in [7, 11) is -2.87. The SMILES string of the molecule is Cc1cc(F)cc(C(N)CC2CCS(=O)(=O)C2)c1. The van der Waals surface area contributed by atoms with Crippen molar-refractivity contribution in [1.82, 2.24) is 0 Å². The molecule has 0 bridgehead atoms. The van der Waals surface area contributed by atoms with E-state index in [0.717, 1.165) is 11.1 Å². The van der Waals surface area contributed by atoms with Gasteiger partial charge < -0.3 is 5.73 Å². The highest BCUT2D eigenvalue weighted by Crippen LogP contribution is 2.28. The van der Waals surface area contributed by atoms with Crippen LogP contribution in [0.5, 0.6) is 0 Å². The van der Waals surface area contributed by atoms with Crippen molar-refractivity contribution in [3.8, 4) is 0 Å². The lowest BCUT2D eigenvalue weighted by Gasteiger charge is -2.16. The Hall–Kier alpha value is -0.940. The van der Waals surface area contributed by atoms with E-state index in [1.807, 2.05) is 13.0 Å². The highest BCUT2D eigenvalue weighted by Gasteiger charge is 2.29. The zero-order chi connectivity index (χ0) is 13.3. The van der Waals surface area contributed by atoms with E-state index in [0.29, 0.717) is 12.8 Å². The number of rotatable bonds is 3. The lowest BCUT2D eigenvalue weighted by molar-refractivity contribution is 0.479. The molecule has 1 fully saturated rings. The summed E-state index contributed by atoms with van der Waals surface area (Å²) in [5.41, 5.74) is 7.62. The van der Waals surface area contributed by atoms with Gasteiger partial charge in [-0.05, 0) is 48.9 Å². The molecule has 2 N–H and O–H groups in total. The molecule has 1 aliphatic heterocycles. The Balaban J connectivity index is 2.06. The topological polar surface area (TPSA) is 60.2 Å². The van der Waals surface area contributed by atoms with E-state index in [9.17, 15) is 12.8 Å². The lowest BCUT2D eigenvalue weighted by Crippen LogP contribution is -2.16. The van der Waals surface area contributed by atoms with Crippen molar-refractivity contribution in [3.05, 3.63) is 35.1 Å². The maximum absolute atomic E-state index is 13.3. The Morgan fingerprint density at radius 3 is 2.72 bits per heavy atom. The molecule has 2 rings (SSSR count). The molecule has 1 saturated heterocycles. The van der Waals surface area contributed by atoms with Crippen molar-refractivity contribution < 1.29 is 12.8 Å². The third-order valence-electron chi connectivity index (χ3n) is 3.41. The first-order chi connectivity index (χ1) is 8.35. The van der Waals surface area contributed by atoms with Crippen molar-refractivity contribution in [2.45, 2.75) is 25.8 Å². The highest BCUT2D eigenvalue weighted by molar-refractivity contribution is 7.91. The van der Waals surface area contributed by atoms with E-state index in [1.165, 1.54) is 12.1 Å². The standard InChI is InChI=1S/C13H18FNO2S/c1-9-4-11(7-12(14)5-9)13(15)6-10-2-3-18(16,17)8-10/h4-5,7,10,13H,2-3,6,8,15H2,1H3. The van der Waals surface area contributed by atoms with Gasteiger partial charge in [0.05, 0.1) is 11.5 Å². The highest BCUT2D eigenvalue weighted by atomic mass is 32.2.